The Morgan fingerprint density at radius 2 is 1.58 bits per heavy atom. The van der Waals surface area contributed by atoms with Crippen LogP contribution in [0.4, 0.5) is 0 Å². The molecular weight excluding hydrogens is 258 g/mol. The van der Waals surface area contributed by atoms with E-state index in [1.807, 2.05) is 0 Å². The van der Waals surface area contributed by atoms with Gasteiger partial charge in [0.05, 0.1) is 22.5 Å². The van der Waals surface area contributed by atoms with Gasteiger partial charge in [-0.3, -0.25) is 0 Å². The highest BCUT2D eigenvalue weighted by Crippen LogP contribution is 2.48. The van der Waals surface area contributed by atoms with E-state index in [0.717, 1.165) is 50.9 Å². The summed E-state index contributed by atoms with van der Waals surface area (Å²) in [5, 5.41) is 9.30. The molecule has 0 spiro atoms. The molecule has 0 radical (unpaired) electrons. The van der Waals surface area contributed by atoms with Crippen molar-refractivity contribution < 1.29 is 8.42 Å². The van der Waals surface area contributed by atoms with Crippen LogP contribution in [0.15, 0.2) is 0 Å². The number of nitriles is 1. The molecule has 0 heterocycles. The topological polar surface area (TPSA) is 57.9 Å². The summed E-state index contributed by atoms with van der Waals surface area (Å²) in [5.41, 5.74) is -0.202. The first-order chi connectivity index (χ1) is 9.03. The normalized spacial score (nSPS) is 35.8. The minimum absolute atomic E-state index is 0.159. The second kappa shape index (κ2) is 4.77. The van der Waals surface area contributed by atoms with Gasteiger partial charge < -0.3 is 0 Å². The molecule has 0 aromatic carbocycles. The minimum Gasteiger partial charge on any atom is -0.229 e. The Balaban J connectivity index is 1.59. The second-order valence-electron chi connectivity index (χ2n) is 7.01. The van der Waals surface area contributed by atoms with E-state index < -0.39 is 9.84 Å². The molecule has 3 saturated carbocycles. The van der Waals surface area contributed by atoms with Gasteiger partial charge in [0, 0.05) is 0 Å². The number of rotatable bonds is 5. The van der Waals surface area contributed by atoms with Gasteiger partial charge in [0.2, 0.25) is 0 Å². The minimum atomic E-state index is -2.90. The lowest BCUT2D eigenvalue weighted by molar-refractivity contribution is 0.238. The molecule has 0 bridgehead atoms. The zero-order valence-electron chi connectivity index (χ0n) is 11.5. The summed E-state index contributed by atoms with van der Waals surface area (Å²) in [6.07, 6.45) is 8.78. The molecule has 3 fully saturated rings. The Morgan fingerprint density at radius 3 is 2.05 bits per heavy atom. The second-order valence-corrected chi connectivity index (χ2v) is 9.34. The summed E-state index contributed by atoms with van der Waals surface area (Å²) in [6, 6.07) is 2.52. The van der Waals surface area contributed by atoms with Crippen LogP contribution in [-0.4, -0.2) is 19.4 Å². The summed E-state index contributed by atoms with van der Waals surface area (Å²) in [4.78, 5) is 0. The standard InChI is InChI=1S/C15H23NO2S/c16-11-15(9-12-1-2-12)7-5-14(6-8-15)19(17,18)10-13-3-4-13/h12-14H,1-10H2. The molecule has 19 heavy (non-hydrogen) atoms. The molecule has 106 valence electrons. The highest BCUT2D eigenvalue weighted by Gasteiger charge is 2.43. The number of sulfone groups is 1. The first-order valence-corrected chi connectivity index (χ1v) is 9.37. The van der Waals surface area contributed by atoms with Crippen LogP contribution in [0.1, 0.15) is 57.8 Å². The molecule has 4 heteroatoms. The van der Waals surface area contributed by atoms with Crippen molar-refractivity contribution in [3.63, 3.8) is 0 Å². The smallest absolute Gasteiger partial charge is 0.153 e. The van der Waals surface area contributed by atoms with Crippen molar-refractivity contribution in [2.75, 3.05) is 5.75 Å². The highest BCUT2D eigenvalue weighted by atomic mass is 32.2. The third-order valence-electron chi connectivity index (χ3n) is 5.18. The first-order valence-electron chi connectivity index (χ1n) is 7.66. The van der Waals surface area contributed by atoms with E-state index in [1.165, 1.54) is 12.8 Å². The average Bonchev–Trinajstić information content (AvgIpc) is 3.27. The van der Waals surface area contributed by atoms with E-state index in [0.29, 0.717) is 11.7 Å². The Bertz CT molecular complexity index is 475. The van der Waals surface area contributed by atoms with Gasteiger partial charge in [0.15, 0.2) is 9.84 Å². The van der Waals surface area contributed by atoms with E-state index >= 15 is 0 Å². The molecule has 0 amide bonds. The summed E-state index contributed by atoms with van der Waals surface area (Å²) in [6.45, 7) is 0. The third kappa shape index (κ3) is 3.13. The number of hydrogen-bond donors (Lipinski definition) is 0. The summed E-state index contributed by atoms with van der Waals surface area (Å²) >= 11 is 0. The maximum Gasteiger partial charge on any atom is 0.153 e. The summed E-state index contributed by atoms with van der Waals surface area (Å²) < 4.78 is 24.6. The first kappa shape index (κ1) is 13.4. The zero-order chi connectivity index (χ0) is 13.5. The maximum atomic E-state index is 12.3. The lowest BCUT2D eigenvalue weighted by Gasteiger charge is -2.34. The van der Waals surface area contributed by atoms with Crippen molar-refractivity contribution in [2.45, 2.75) is 63.0 Å². The van der Waals surface area contributed by atoms with Gasteiger partial charge in [-0.2, -0.15) is 5.26 Å². The fraction of sp³-hybridized carbons (Fsp3) is 0.933. The van der Waals surface area contributed by atoms with Gasteiger partial charge >= 0.3 is 0 Å². The predicted molar refractivity (Wildman–Crippen MR) is 74.2 cm³/mol. The maximum absolute atomic E-state index is 12.3. The van der Waals surface area contributed by atoms with Gasteiger partial charge in [0.1, 0.15) is 0 Å². The fourth-order valence-corrected chi connectivity index (χ4v) is 5.70. The van der Waals surface area contributed by atoms with E-state index in [1.54, 1.807) is 0 Å². The van der Waals surface area contributed by atoms with Crippen LogP contribution < -0.4 is 0 Å². The molecule has 0 saturated heterocycles. The van der Waals surface area contributed by atoms with E-state index in [-0.39, 0.29) is 10.7 Å². The van der Waals surface area contributed by atoms with Crippen LogP contribution in [0, 0.1) is 28.6 Å². The van der Waals surface area contributed by atoms with E-state index in [2.05, 4.69) is 6.07 Å². The van der Waals surface area contributed by atoms with Crippen LogP contribution in [0.25, 0.3) is 0 Å². The Labute approximate surface area is 116 Å². The molecule has 0 aliphatic heterocycles. The highest BCUT2D eigenvalue weighted by molar-refractivity contribution is 7.92. The Morgan fingerprint density at radius 1 is 1.00 bits per heavy atom. The molecule has 3 rings (SSSR count). The van der Waals surface area contributed by atoms with Crippen molar-refractivity contribution in [1.29, 1.82) is 5.26 Å². The van der Waals surface area contributed by atoms with Gasteiger partial charge in [-0.15, -0.1) is 0 Å². The largest absolute Gasteiger partial charge is 0.229 e. The third-order valence-corrected chi connectivity index (χ3v) is 7.60. The number of hydrogen-bond acceptors (Lipinski definition) is 3. The lowest BCUT2D eigenvalue weighted by atomic mass is 9.72. The van der Waals surface area contributed by atoms with Gasteiger partial charge in [-0.05, 0) is 56.8 Å². The van der Waals surface area contributed by atoms with Crippen LogP contribution in [0.3, 0.4) is 0 Å². The monoisotopic (exact) mass is 281 g/mol. The molecule has 3 aliphatic carbocycles. The molecule has 0 N–H and O–H groups in total. The molecule has 0 atom stereocenters. The average molecular weight is 281 g/mol. The zero-order valence-corrected chi connectivity index (χ0v) is 12.3. The van der Waals surface area contributed by atoms with Crippen LogP contribution >= 0.6 is 0 Å². The molecule has 0 aromatic rings. The van der Waals surface area contributed by atoms with E-state index in [4.69, 9.17) is 0 Å². The van der Waals surface area contributed by atoms with Crippen molar-refractivity contribution in [3.8, 4) is 6.07 Å². The summed E-state index contributed by atoms with van der Waals surface area (Å²) in [5.74, 6) is 1.60. The van der Waals surface area contributed by atoms with Crippen molar-refractivity contribution in [1.82, 2.24) is 0 Å². The van der Waals surface area contributed by atoms with Gasteiger partial charge in [-0.25, -0.2) is 8.42 Å². The van der Waals surface area contributed by atoms with Crippen LogP contribution in [0.2, 0.25) is 0 Å². The molecule has 3 aliphatic rings. The quantitative estimate of drug-likeness (QED) is 0.778. The van der Waals surface area contributed by atoms with Crippen molar-refractivity contribution in [2.24, 2.45) is 17.3 Å². The fourth-order valence-electron chi connectivity index (χ4n) is 3.49. The van der Waals surface area contributed by atoms with Gasteiger partial charge in [0.25, 0.3) is 0 Å². The van der Waals surface area contributed by atoms with Crippen LogP contribution in [0.5, 0.6) is 0 Å². The van der Waals surface area contributed by atoms with Crippen LogP contribution in [-0.2, 0) is 9.84 Å². The van der Waals surface area contributed by atoms with Crippen molar-refractivity contribution in [3.05, 3.63) is 0 Å². The van der Waals surface area contributed by atoms with Crippen molar-refractivity contribution >= 4 is 9.84 Å². The number of nitrogens with zero attached hydrogens (tertiary/aromatic N) is 1. The van der Waals surface area contributed by atoms with Gasteiger partial charge in [-0.1, -0.05) is 12.8 Å². The predicted octanol–water partition coefficient (Wildman–Crippen LogP) is 3.06. The lowest BCUT2D eigenvalue weighted by Crippen LogP contribution is -2.34. The Kier molecular flexibility index (Phi) is 3.37. The SMILES string of the molecule is N#CC1(CC2CC2)CCC(S(=O)(=O)CC2CC2)CC1. The summed E-state index contributed by atoms with van der Waals surface area (Å²) in [7, 11) is -2.90. The molecule has 3 nitrogen and oxygen atoms in total. The van der Waals surface area contributed by atoms with E-state index in [9.17, 15) is 13.7 Å². The Hall–Kier alpha value is -0.560. The molecular formula is C15H23NO2S. The molecule has 0 unspecified atom stereocenters. The molecule has 0 aromatic heterocycles.